The Bertz CT molecular complexity index is 677. The van der Waals surface area contributed by atoms with Crippen LogP contribution in [0.25, 0.3) is 0 Å². The van der Waals surface area contributed by atoms with Gasteiger partial charge in [0, 0.05) is 19.2 Å². The van der Waals surface area contributed by atoms with Crippen molar-refractivity contribution in [2.75, 3.05) is 26.1 Å². The lowest BCUT2D eigenvalue weighted by Gasteiger charge is -2.26. The largest absolute Gasteiger partial charge is 0.497 e. The van der Waals surface area contributed by atoms with E-state index in [4.69, 9.17) is 21.7 Å². The molecule has 0 bridgehead atoms. The SMILES string of the molecule is CCCCN(Cc1ccccc1)C(=S)Nc1ccc(OC)cc1OC. The number of benzene rings is 2. The van der Waals surface area contributed by atoms with Gasteiger partial charge in [-0.2, -0.15) is 0 Å². The zero-order chi connectivity index (χ0) is 18.1. The highest BCUT2D eigenvalue weighted by atomic mass is 32.1. The van der Waals surface area contributed by atoms with Crippen molar-refractivity contribution < 1.29 is 9.47 Å². The molecular formula is C20H26N2O2S. The predicted molar refractivity (Wildman–Crippen MR) is 108 cm³/mol. The Morgan fingerprint density at radius 2 is 1.84 bits per heavy atom. The molecule has 0 aliphatic carbocycles. The van der Waals surface area contributed by atoms with E-state index in [9.17, 15) is 0 Å². The van der Waals surface area contributed by atoms with Crippen LogP contribution in [0.3, 0.4) is 0 Å². The molecule has 2 aromatic carbocycles. The molecule has 0 amide bonds. The number of nitrogens with zero attached hydrogens (tertiary/aromatic N) is 1. The van der Waals surface area contributed by atoms with Crippen LogP contribution in [0.15, 0.2) is 48.5 Å². The lowest BCUT2D eigenvalue weighted by atomic mass is 10.2. The van der Waals surface area contributed by atoms with Crippen LogP contribution in [0.1, 0.15) is 25.3 Å². The summed E-state index contributed by atoms with van der Waals surface area (Å²) < 4.78 is 10.7. The third-order valence-corrected chi connectivity index (χ3v) is 4.30. The molecule has 134 valence electrons. The van der Waals surface area contributed by atoms with E-state index < -0.39 is 0 Å². The molecule has 0 aliphatic rings. The van der Waals surface area contributed by atoms with Crippen LogP contribution in [0.2, 0.25) is 0 Å². The smallest absolute Gasteiger partial charge is 0.173 e. The lowest BCUT2D eigenvalue weighted by molar-refractivity contribution is 0.394. The van der Waals surface area contributed by atoms with Crippen molar-refractivity contribution >= 4 is 23.0 Å². The summed E-state index contributed by atoms with van der Waals surface area (Å²) in [5.74, 6) is 1.46. The fourth-order valence-corrected chi connectivity index (χ4v) is 2.77. The van der Waals surface area contributed by atoms with Crippen LogP contribution in [-0.4, -0.2) is 30.8 Å². The maximum absolute atomic E-state index is 5.67. The second kappa shape index (κ2) is 9.89. The van der Waals surface area contributed by atoms with Crippen LogP contribution in [0.4, 0.5) is 5.69 Å². The number of nitrogens with one attached hydrogen (secondary N) is 1. The lowest BCUT2D eigenvalue weighted by Crippen LogP contribution is -2.35. The normalized spacial score (nSPS) is 10.2. The molecule has 0 spiro atoms. The van der Waals surface area contributed by atoms with Crippen molar-refractivity contribution in [2.45, 2.75) is 26.3 Å². The van der Waals surface area contributed by atoms with E-state index in [-0.39, 0.29) is 0 Å². The highest BCUT2D eigenvalue weighted by molar-refractivity contribution is 7.80. The van der Waals surface area contributed by atoms with Crippen molar-refractivity contribution in [3.05, 3.63) is 54.1 Å². The van der Waals surface area contributed by atoms with Crippen molar-refractivity contribution in [3.63, 3.8) is 0 Å². The maximum Gasteiger partial charge on any atom is 0.173 e. The molecule has 0 fully saturated rings. The molecule has 1 N–H and O–H groups in total. The number of ether oxygens (including phenoxy) is 2. The topological polar surface area (TPSA) is 33.7 Å². The van der Waals surface area contributed by atoms with Crippen LogP contribution in [-0.2, 0) is 6.54 Å². The summed E-state index contributed by atoms with van der Waals surface area (Å²) >= 11 is 5.67. The third-order valence-electron chi connectivity index (χ3n) is 3.94. The third kappa shape index (κ3) is 5.64. The van der Waals surface area contributed by atoms with Gasteiger partial charge in [0.1, 0.15) is 11.5 Å². The first-order valence-corrected chi connectivity index (χ1v) is 8.90. The van der Waals surface area contributed by atoms with Gasteiger partial charge < -0.3 is 19.7 Å². The number of rotatable bonds is 8. The van der Waals surface area contributed by atoms with E-state index in [1.165, 1.54) is 5.56 Å². The Morgan fingerprint density at radius 1 is 1.08 bits per heavy atom. The number of thiocarbonyl (C=S) groups is 1. The Kier molecular flexibility index (Phi) is 7.54. The minimum Gasteiger partial charge on any atom is -0.497 e. The molecule has 4 nitrogen and oxygen atoms in total. The molecule has 0 atom stereocenters. The Balaban J connectivity index is 2.13. The van der Waals surface area contributed by atoms with E-state index in [1.54, 1.807) is 14.2 Å². The minimum atomic E-state index is 0.695. The van der Waals surface area contributed by atoms with Crippen LogP contribution < -0.4 is 14.8 Å². The number of methoxy groups -OCH3 is 2. The maximum atomic E-state index is 5.67. The van der Waals surface area contributed by atoms with Crippen LogP contribution in [0.5, 0.6) is 11.5 Å². The van der Waals surface area contributed by atoms with E-state index >= 15 is 0 Å². The fourth-order valence-electron chi connectivity index (χ4n) is 2.50. The van der Waals surface area contributed by atoms with Gasteiger partial charge in [0.2, 0.25) is 0 Å². The van der Waals surface area contributed by atoms with Gasteiger partial charge in [-0.15, -0.1) is 0 Å². The molecule has 25 heavy (non-hydrogen) atoms. The monoisotopic (exact) mass is 358 g/mol. The summed E-state index contributed by atoms with van der Waals surface area (Å²) in [4.78, 5) is 2.19. The quantitative estimate of drug-likeness (QED) is 0.692. The molecule has 5 heteroatoms. The average Bonchev–Trinajstić information content (AvgIpc) is 2.66. The molecule has 0 heterocycles. The van der Waals surface area contributed by atoms with Gasteiger partial charge in [-0.1, -0.05) is 43.7 Å². The highest BCUT2D eigenvalue weighted by Gasteiger charge is 2.13. The first-order chi connectivity index (χ1) is 12.2. The van der Waals surface area contributed by atoms with E-state index in [0.717, 1.165) is 37.4 Å². The fraction of sp³-hybridized carbons (Fsp3) is 0.350. The highest BCUT2D eigenvalue weighted by Crippen LogP contribution is 2.29. The zero-order valence-corrected chi connectivity index (χ0v) is 15.9. The van der Waals surface area contributed by atoms with E-state index in [2.05, 4.69) is 41.4 Å². The molecule has 0 saturated carbocycles. The summed E-state index contributed by atoms with van der Waals surface area (Å²) in [5, 5.41) is 4.01. The second-order valence-electron chi connectivity index (χ2n) is 5.76. The number of anilines is 1. The van der Waals surface area contributed by atoms with Gasteiger partial charge in [0.25, 0.3) is 0 Å². The van der Waals surface area contributed by atoms with Crippen molar-refractivity contribution in [3.8, 4) is 11.5 Å². The van der Waals surface area contributed by atoms with E-state index in [1.807, 2.05) is 24.3 Å². The predicted octanol–water partition coefficient (Wildman–Crippen LogP) is 4.70. The number of hydrogen-bond donors (Lipinski definition) is 1. The summed E-state index contributed by atoms with van der Waals surface area (Å²) in [7, 11) is 3.28. The van der Waals surface area contributed by atoms with Crippen molar-refractivity contribution in [1.82, 2.24) is 4.90 Å². The molecule has 0 unspecified atom stereocenters. The Hall–Kier alpha value is -2.27. The van der Waals surface area contributed by atoms with Gasteiger partial charge in [0.15, 0.2) is 5.11 Å². The zero-order valence-electron chi connectivity index (χ0n) is 15.1. The van der Waals surface area contributed by atoms with Crippen molar-refractivity contribution in [1.29, 1.82) is 0 Å². The van der Waals surface area contributed by atoms with Crippen LogP contribution >= 0.6 is 12.2 Å². The molecule has 0 saturated heterocycles. The molecule has 2 aromatic rings. The van der Waals surface area contributed by atoms with E-state index in [0.29, 0.717) is 10.9 Å². The summed E-state index contributed by atoms with van der Waals surface area (Å²) in [6.07, 6.45) is 2.22. The first kappa shape index (κ1) is 19.1. The molecule has 0 radical (unpaired) electrons. The number of hydrogen-bond acceptors (Lipinski definition) is 3. The van der Waals surface area contributed by atoms with Crippen molar-refractivity contribution in [2.24, 2.45) is 0 Å². The number of unbranched alkanes of at least 4 members (excludes halogenated alkanes) is 1. The van der Waals surface area contributed by atoms with Gasteiger partial charge in [-0.3, -0.25) is 0 Å². The van der Waals surface area contributed by atoms with Gasteiger partial charge in [-0.05, 0) is 36.3 Å². The molecule has 0 aliphatic heterocycles. The summed E-state index contributed by atoms with van der Waals surface area (Å²) in [6.45, 7) is 3.88. The van der Waals surface area contributed by atoms with Gasteiger partial charge >= 0.3 is 0 Å². The first-order valence-electron chi connectivity index (χ1n) is 8.49. The molecular weight excluding hydrogens is 332 g/mol. The summed E-state index contributed by atoms with van der Waals surface area (Å²) in [5.41, 5.74) is 2.08. The summed E-state index contributed by atoms with van der Waals surface area (Å²) in [6, 6.07) is 16.0. The van der Waals surface area contributed by atoms with Crippen LogP contribution in [0, 0.1) is 0 Å². The minimum absolute atomic E-state index is 0.695. The molecule has 2 rings (SSSR count). The average molecular weight is 359 g/mol. The van der Waals surface area contributed by atoms with Gasteiger partial charge in [0.05, 0.1) is 19.9 Å². The standard InChI is InChI=1S/C20H26N2O2S/c1-4-5-13-22(15-16-9-7-6-8-10-16)20(25)21-18-12-11-17(23-2)14-19(18)24-3/h6-12,14H,4-5,13,15H2,1-3H3,(H,21,25). The van der Waals surface area contributed by atoms with Gasteiger partial charge in [-0.25, -0.2) is 0 Å². The Morgan fingerprint density at radius 3 is 2.48 bits per heavy atom. The second-order valence-corrected chi connectivity index (χ2v) is 6.14. The Labute approximate surface area is 155 Å². The molecule has 0 aromatic heterocycles.